The first-order valence-corrected chi connectivity index (χ1v) is 9.77. The first kappa shape index (κ1) is 18.0. The molecule has 2 aromatic rings. The SMILES string of the molecule is CC[C@@H](C)NC(=O)[C@@H]1C=C2c3cccc4c3c(cn4C(C)=O)C[C@H]2N(C)C1. The predicted octanol–water partition coefficient (Wildman–Crippen LogP) is 3.09. The van der Waals surface area contributed by atoms with Crippen molar-refractivity contribution in [2.24, 2.45) is 5.92 Å². The molecule has 0 bridgehead atoms. The van der Waals surface area contributed by atoms with E-state index in [1.54, 1.807) is 11.5 Å². The van der Waals surface area contributed by atoms with Crippen molar-refractivity contribution >= 4 is 28.3 Å². The number of nitrogens with one attached hydrogen (secondary N) is 1. The Morgan fingerprint density at radius 1 is 1.33 bits per heavy atom. The number of nitrogens with zero attached hydrogens (tertiary/aromatic N) is 2. The van der Waals surface area contributed by atoms with Crippen molar-refractivity contribution in [2.45, 2.75) is 45.7 Å². The smallest absolute Gasteiger partial charge is 0.228 e. The molecule has 5 nitrogen and oxygen atoms in total. The molecule has 1 N–H and O–H groups in total. The maximum atomic E-state index is 12.7. The summed E-state index contributed by atoms with van der Waals surface area (Å²) >= 11 is 0. The van der Waals surface area contributed by atoms with Gasteiger partial charge in [-0.15, -0.1) is 0 Å². The van der Waals surface area contributed by atoms with Crippen LogP contribution in [0.15, 0.2) is 30.5 Å². The summed E-state index contributed by atoms with van der Waals surface area (Å²) < 4.78 is 1.75. The molecular formula is C22H27N3O2. The van der Waals surface area contributed by atoms with Crippen LogP contribution in [0, 0.1) is 5.92 Å². The van der Waals surface area contributed by atoms with Crippen molar-refractivity contribution in [3.8, 4) is 0 Å². The molecule has 0 unspecified atom stereocenters. The van der Waals surface area contributed by atoms with E-state index in [4.69, 9.17) is 0 Å². The zero-order valence-corrected chi connectivity index (χ0v) is 16.5. The van der Waals surface area contributed by atoms with Gasteiger partial charge in [0.15, 0.2) is 0 Å². The lowest BCUT2D eigenvalue weighted by molar-refractivity contribution is -0.124. The second-order valence-electron chi connectivity index (χ2n) is 7.95. The Morgan fingerprint density at radius 2 is 2.11 bits per heavy atom. The van der Waals surface area contributed by atoms with Crippen molar-refractivity contribution in [1.29, 1.82) is 0 Å². The second-order valence-corrected chi connectivity index (χ2v) is 7.95. The second kappa shape index (κ2) is 6.64. The number of rotatable bonds is 3. The number of benzene rings is 1. The average molecular weight is 365 g/mol. The Balaban J connectivity index is 1.80. The van der Waals surface area contributed by atoms with Gasteiger partial charge in [-0.25, -0.2) is 0 Å². The van der Waals surface area contributed by atoms with E-state index >= 15 is 0 Å². The van der Waals surface area contributed by atoms with Crippen LogP contribution in [0.4, 0.5) is 0 Å². The molecule has 0 spiro atoms. The van der Waals surface area contributed by atoms with Crippen LogP contribution in [-0.4, -0.2) is 47.0 Å². The van der Waals surface area contributed by atoms with E-state index in [-0.39, 0.29) is 29.8 Å². The molecule has 27 heavy (non-hydrogen) atoms. The molecule has 4 rings (SSSR count). The number of hydrogen-bond acceptors (Lipinski definition) is 3. The van der Waals surface area contributed by atoms with Gasteiger partial charge in [0.05, 0.1) is 11.4 Å². The van der Waals surface area contributed by atoms with Crippen LogP contribution in [0.3, 0.4) is 0 Å². The van der Waals surface area contributed by atoms with E-state index < -0.39 is 0 Å². The molecule has 142 valence electrons. The monoisotopic (exact) mass is 365 g/mol. The Hall–Kier alpha value is -2.40. The molecule has 5 heteroatoms. The van der Waals surface area contributed by atoms with Crippen LogP contribution in [0.25, 0.3) is 16.5 Å². The number of fused-ring (bicyclic) bond motifs is 2. The van der Waals surface area contributed by atoms with Gasteiger partial charge in [0.25, 0.3) is 0 Å². The van der Waals surface area contributed by atoms with Gasteiger partial charge in [-0.2, -0.15) is 0 Å². The summed E-state index contributed by atoms with van der Waals surface area (Å²) in [6.45, 7) is 6.44. The van der Waals surface area contributed by atoms with Crippen molar-refractivity contribution in [3.05, 3.63) is 41.6 Å². The van der Waals surface area contributed by atoms with Crippen LogP contribution in [0.1, 0.15) is 43.1 Å². The lowest BCUT2D eigenvalue weighted by Gasteiger charge is -2.39. The molecule has 2 aliphatic rings. The minimum Gasteiger partial charge on any atom is -0.353 e. The molecule has 1 amide bonds. The summed E-state index contributed by atoms with van der Waals surface area (Å²) in [7, 11) is 2.09. The van der Waals surface area contributed by atoms with Crippen LogP contribution in [0.2, 0.25) is 0 Å². The molecule has 1 aliphatic heterocycles. The van der Waals surface area contributed by atoms with Gasteiger partial charge >= 0.3 is 0 Å². The lowest BCUT2D eigenvalue weighted by atomic mass is 9.80. The zero-order valence-electron chi connectivity index (χ0n) is 16.5. The average Bonchev–Trinajstić information content (AvgIpc) is 3.02. The van der Waals surface area contributed by atoms with Gasteiger partial charge in [0.2, 0.25) is 11.8 Å². The first-order valence-electron chi connectivity index (χ1n) is 9.77. The minimum absolute atomic E-state index is 0.0291. The van der Waals surface area contributed by atoms with E-state index in [2.05, 4.69) is 36.3 Å². The first-order chi connectivity index (χ1) is 12.9. The maximum Gasteiger partial charge on any atom is 0.228 e. The third-order valence-corrected chi connectivity index (χ3v) is 6.07. The summed E-state index contributed by atoms with van der Waals surface area (Å²) in [5.41, 5.74) is 4.55. The molecule has 1 aromatic heterocycles. The van der Waals surface area contributed by atoms with Crippen LogP contribution in [0.5, 0.6) is 0 Å². The Kier molecular flexibility index (Phi) is 4.42. The van der Waals surface area contributed by atoms with E-state index in [0.29, 0.717) is 0 Å². The molecule has 0 saturated heterocycles. The number of carbonyl (C=O) groups excluding carboxylic acids is 2. The lowest BCUT2D eigenvalue weighted by Crippen LogP contribution is -2.47. The number of amides is 1. The number of hydrogen-bond donors (Lipinski definition) is 1. The fraction of sp³-hybridized carbons (Fsp3) is 0.455. The van der Waals surface area contributed by atoms with Crippen LogP contribution >= 0.6 is 0 Å². The summed E-state index contributed by atoms with van der Waals surface area (Å²) in [5, 5.41) is 4.28. The topological polar surface area (TPSA) is 54.3 Å². The molecular weight excluding hydrogens is 338 g/mol. The fourth-order valence-electron chi connectivity index (χ4n) is 4.43. The van der Waals surface area contributed by atoms with Gasteiger partial charge in [-0.3, -0.25) is 19.1 Å². The number of carbonyl (C=O) groups is 2. The standard InChI is InChI=1S/C22H27N3O2/c1-5-13(2)23-22(27)16-9-18-17-7-6-8-19-21(17)15(12-25(19)14(3)26)10-20(18)24(4)11-16/h6-9,12-13,16,20H,5,10-11H2,1-4H3,(H,23,27)/t13-,16-,20-/m1/s1. The normalized spacial score (nSPS) is 22.9. The Morgan fingerprint density at radius 3 is 2.81 bits per heavy atom. The van der Waals surface area contributed by atoms with Crippen molar-refractivity contribution in [2.75, 3.05) is 13.6 Å². The predicted molar refractivity (Wildman–Crippen MR) is 108 cm³/mol. The molecule has 0 fully saturated rings. The zero-order chi connectivity index (χ0) is 19.3. The molecule has 3 atom stereocenters. The fourth-order valence-corrected chi connectivity index (χ4v) is 4.43. The largest absolute Gasteiger partial charge is 0.353 e. The summed E-state index contributed by atoms with van der Waals surface area (Å²) in [5.74, 6) is -0.0233. The third kappa shape index (κ3) is 2.90. The van der Waals surface area contributed by atoms with Gasteiger partial charge in [0, 0.05) is 37.1 Å². The van der Waals surface area contributed by atoms with Gasteiger partial charge < -0.3 is 5.32 Å². The van der Waals surface area contributed by atoms with Crippen molar-refractivity contribution < 1.29 is 9.59 Å². The van der Waals surface area contributed by atoms with Crippen molar-refractivity contribution in [1.82, 2.24) is 14.8 Å². The van der Waals surface area contributed by atoms with E-state index in [0.717, 1.165) is 35.9 Å². The molecule has 2 heterocycles. The quantitative estimate of drug-likeness (QED) is 0.909. The van der Waals surface area contributed by atoms with Gasteiger partial charge in [-0.05, 0) is 49.6 Å². The van der Waals surface area contributed by atoms with E-state index in [9.17, 15) is 9.59 Å². The van der Waals surface area contributed by atoms with Crippen LogP contribution < -0.4 is 5.32 Å². The highest BCUT2D eigenvalue weighted by Gasteiger charge is 2.36. The van der Waals surface area contributed by atoms with Crippen molar-refractivity contribution in [3.63, 3.8) is 0 Å². The molecule has 0 radical (unpaired) electrons. The molecule has 1 aliphatic carbocycles. The molecule has 1 aromatic carbocycles. The van der Waals surface area contributed by atoms with E-state index in [1.807, 2.05) is 25.3 Å². The minimum atomic E-state index is -0.151. The van der Waals surface area contributed by atoms with Crippen LogP contribution in [-0.2, 0) is 11.2 Å². The summed E-state index contributed by atoms with van der Waals surface area (Å²) in [4.78, 5) is 27.1. The Bertz CT molecular complexity index is 956. The maximum absolute atomic E-state index is 12.7. The van der Waals surface area contributed by atoms with Gasteiger partial charge in [0.1, 0.15) is 0 Å². The third-order valence-electron chi connectivity index (χ3n) is 6.07. The Labute approximate surface area is 160 Å². The number of likely N-dealkylation sites (N-methyl/N-ethyl adjacent to an activating group) is 1. The molecule has 0 saturated carbocycles. The highest BCUT2D eigenvalue weighted by molar-refractivity contribution is 6.03. The van der Waals surface area contributed by atoms with Gasteiger partial charge in [-0.1, -0.05) is 25.1 Å². The highest BCUT2D eigenvalue weighted by Crippen LogP contribution is 2.41. The number of aromatic nitrogens is 1. The summed E-state index contributed by atoms with van der Waals surface area (Å²) in [6.07, 6.45) is 5.94. The van der Waals surface area contributed by atoms with E-state index in [1.165, 1.54) is 11.1 Å². The summed E-state index contributed by atoms with van der Waals surface area (Å²) in [6, 6.07) is 6.57. The highest BCUT2D eigenvalue weighted by atomic mass is 16.2.